The van der Waals surface area contributed by atoms with E-state index in [4.69, 9.17) is 16.3 Å². The highest BCUT2D eigenvalue weighted by atomic mass is 35.5. The lowest BCUT2D eigenvalue weighted by molar-refractivity contribution is -0.143. The maximum absolute atomic E-state index is 11.6. The number of benzene rings is 1. The van der Waals surface area contributed by atoms with Gasteiger partial charge in [-0.25, -0.2) is 0 Å². The van der Waals surface area contributed by atoms with Crippen LogP contribution in [-0.2, 0) is 14.3 Å². The van der Waals surface area contributed by atoms with Crippen molar-refractivity contribution in [3.05, 3.63) is 28.8 Å². The number of amides is 1. The van der Waals surface area contributed by atoms with Crippen molar-refractivity contribution in [3.63, 3.8) is 0 Å². The van der Waals surface area contributed by atoms with Gasteiger partial charge in [-0.2, -0.15) is 0 Å². The van der Waals surface area contributed by atoms with Crippen molar-refractivity contribution in [1.82, 2.24) is 5.32 Å². The van der Waals surface area contributed by atoms with E-state index in [2.05, 4.69) is 10.6 Å². The fourth-order valence-corrected chi connectivity index (χ4v) is 1.68. The van der Waals surface area contributed by atoms with Gasteiger partial charge in [-0.1, -0.05) is 17.7 Å². The normalized spacial score (nSPS) is 10.2. The lowest BCUT2D eigenvalue weighted by atomic mass is 10.2. The van der Waals surface area contributed by atoms with Crippen LogP contribution in [0.3, 0.4) is 0 Å². The molecule has 0 saturated carbocycles. The number of ether oxygens (including phenoxy) is 1. The molecule has 1 aromatic rings. The Morgan fingerprint density at radius 2 is 2.10 bits per heavy atom. The summed E-state index contributed by atoms with van der Waals surface area (Å²) in [5.74, 6) is -0.459. The van der Waals surface area contributed by atoms with Crippen LogP contribution < -0.4 is 10.6 Å². The number of hydrogen-bond acceptors (Lipinski definition) is 4. The molecule has 2 N–H and O–H groups in total. The third-order valence-corrected chi connectivity index (χ3v) is 2.96. The highest BCUT2D eigenvalue weighted by Crippen LogP contribution is 2.19. The highest BCUT2D eigenvalue weighted by molar-refractivity contribution is 6.31. The Balaban J connectivity index is 2.26. The lowest BCUT2D eigenvalue weighted by Crippen LogP contribution is -2.29. The van der Waals surface area contributed by atoms with E-state index >= 15 is 0 Å². The fraction of sp³-hybridized carbons (Fsp3) is 0.429. The molecule has 6 heteroatoms. The quantitative estimate of drug-likeness (QED) is 0.598. The third-order valence-electron chi connectivity index (χ3n) is 2.55. The van der Waals surface area contributed by atoms with Crippen LogP contribution in [0.5, 0.6) is 0 Å². The number of rotatable bonds is 7. The van der Waals surface area contributed by atoms with Gasteiger partial charge in [0.2, 0.25) is 5.91 Å². The lowest BCUT2D eigenvalue weighted by Gasteiger charge is -2.08. The molecule has 0 saturated heterocycles. The zero-order chi connectivity index (χ0) is 15.0. The molecule has 0 atom stereocenters. The van der Waals surface area contributed by atoms with Crippen LogP contribution in [0, 0.1) is 6.92 Å². The summed E-state index contributed by atoms with van der Waals surface area (Å²) < 4.78 is 4.77. The first-order valence-electron chi connectivity index (χ1n) is 6.45. The molecule has 0 unspecified atom stereocenters. The van der Waals surface area contributed by atoms with Gasteiger partial charge in [-0.3, -0.25) is 9.59 Å². The number of halogens is 1. The smallest absolute Gasteiger partial charge is 0.307 e. The number of aryl methyl sites for hydroxylation is 1. The molecule has 0 radical (unpaired) electrons. The van der Waals surface area contributed by atoms with E-state index in [1.807, 2.05) is 13.0 Å². The second kappa shape index (κ2) is 8.55. The van der Waals surface area contributed by atoms with E-state index in [0.717, 1.165) is 5.56 Å². The predicted molar refractivity (Wildman–Crippen MR) is 78.9 cm³/mol. The molecule has 110 valence electrons. The van der Waals surface area contributed by atoms with E-state index in [1.165, 1.54) is 0 Å². The minimum atomic E-state index is -0.272. The number of carbonyl (C=O) groups excluding carboxylic acids is 2. The molecule has 0 aliphatic rings. The van der Waals surface area contributed by atoms with Crippen LogP contribution in [0.2, 0.25) is 5.02 Å². The van der Waals surface area contributed by atoms with Gasteiger partial charge in [-0.15, -0.1) is 0 Å². The number of anilines is 1. The Hall–Kier alpha value is -1.59. The summed E-state index contributed by atoms with van der Waals surface area (Å²) in [6.45, 7) is 4.55. The average molecular weight is 299 g/mol. The van der Waals surface area contributed by atoms with E-state index < -0.39 is 0 Å². The van der Waals surface area contributed by atoms with Crippen molar-refractivity contribution >= 4 is 29.2 Å². The molecular weight excluding hydrogens is 280 g/mol. The number of nitrogens with one attached hydrogen (secondary N) is 2. The monoisotopic (exact) mass is 298 g/mol. The van der Waals surface area contributed by atoms with Crippen LogP contribution in [0.4, 0.5) is 5.69 Å². The molecule has 1 aromatic carbocycles. The molecule has 1 amide bonds. The number of hydrogen-bond donors (Lipinski definition) is 2. The van der Waals surface area contributed by atoms with Crippen molar-refractivity contribution in [2.24, 2.45) is 0 Å². The van der Waals surface area contributed by atoms with Crippen LogP contribution >= 0.6 is 11.6 Å². The van der Waals surface area contributed by atoms with Crippen molar-refractivity contribution in [2.45, 2.75) is 20.3 Å². The van der Waals surface area contributed by atoms with Crippen LogP contribution in [0.25, 0.3) is 0 Å². The second-order valence-electron chi connectivity index (χ2n) is 4.24. The first-order valence-corrected chi connectivity index (χ1v) is 6.83. The SMILES string of the molecule is CCOC(=O)CCNCC(=O)Nc1ccc(C)c(Cl)c1. The molecule has 0 aliphatic heterocycles. The Kier molecular flexibility index (Phi) is 7.04. The Morgan fingerprint density at radius 3 is 2.75 bits per heavy atom. The van der Waals surface area contributed by atoms with Gasteiger partial charge >= 0.3 is 5.97 Å². The molecule has 0 bridgehead atoms. The Morgan fingerprint density at radius 1 is 1.35 bits per heavy atom. The van der Waals surface area contributed by atoms with Gasteiger partial charge in [0, 0.05) is 17.3 Å². The van der Waals surface area contributed by atoms with Crippen molar-refractivity contribution in [3.8, 4) is 0 Å². The first-order chi connectivity index (χ1) is 9.52. The second-order valence-corrected chi connectivity index (χ2v) is 4.65. The van der Waals surface area contributed by atoms with Gasteiger partial charge in [0.05, 0.1) is 19.6 Å². The van der Waals surface area contributed by atoms with Gasteiger partial charge in [0.1, 0.15) is 0 Å². The van der Waals surface area contributed by atoms with E-state index in [9.17, 15) is 9.59 Å². The van der Waals surface area contributed by atoms with E-state index in [0.29, 0.717) is 23.9 Å². The standard InChI is InChI=1S/C14H19ClN2O3/c1-3-20-14(19)6-7-16-9-13(18)17-11-5-4-10(2)12(15)8-11/h4-5,8,16H,3,6-7,9H2,1-2H3,(H,17,18). The summed E-state index contributed by atoms with van der Waals surface area (Å²) in [4.78, 5) is 22.7. The van der Waals surface area contributed by atoms with E-state index in [1.54, 1.807) is 19.1 Å². The Bertz CT molecular complexity index is 477. The van der Waals surface area contributed by atoms with Crippen LogP contribution in [0.1, 0.15) is 18.9 Å². The zero-order valence-corrected chi connectivity index (χ0v) is 12.4. The molecule has 20 heavy (non-hydrogen) atoms. The highest BCUT2D eigenvalue weighted by Gasteiger charge is 2.05. The molecular formula is C14H19ClN2O3. The number of esters is 1. The molecule has 0 fully saturated rings. The molecule has 0 heterocycles. The minimum Gasteiger partial charge on any atom is -0.466 e. The molecule has 0 spiro atoms. The summed E-state index contributed by atoms with van der Waals surface area (Å²) in [5, 5.41) is 6.21. The fourth-order valence-electron chi connectivity index (χ4n) is 1.50. The van der Waals surface area contributed by atoms with Crippen LogP contribution in [0.15, 0.2) is 18.2 Å². The topological polar surface area (TPSA) is 67.4 Å². The maximum Gasteiger partial charge on any atom is 0.307 e. The van der Waals surface area contributed by atoms with Gasteiger partial charge < -0.3 is 15.4 Å². The van der Waals surface area contributed by atoms with Gasteiger partial charge in [0.15, 0.2) is 0 Å². The first kappa shape index (κ1) is 16.5. The summed E-state index contributed by atoms with van der Waals surface area (Å²) in [6, 6.07) is 5.33. The predicted octanol–water partition coefficient (Wildman–Crippen LogP) is 2.13. The van der Waals surface area contributed by atoms with Crippen molar-refractivity contribution in [1.29, 1.82) is 0 Å². The average Bonchev–Trinajstić information content (AvgIpc) is 2.39. The maximum atomic E-state index is 11.6. The van der Waals surface area contributed by atoms with Crippen molar-refractivity contribution < 1.29 is 14.3 Å². The zero-order valence-electron chi connectivity index (χ0n) is 11.7. The number of carbonyl (C=O) groups is 2. The van der Waals surface area contributed by atoms with Crippen molar-refractivity contribution in [2.75, 3.05) is 25.0 Å². The third kappa shape index (κ3) is 6.04. The van der Waals surface area contributed by atoms with E-state index in [-0.39, 0.29) is 24.8 Å². The largest absolute Gasteiger partial charge is 0.466 e. The summed E-state index contributed by atoms with van der Waals surface area (Å²) >= 11 is 5.97. The molecule has 1 rings (SSSR count). The summed E-state index contributed by atoms with van der Waals surface area (Å²) in [5.41, 5.74) is 1.61. The summed E-state index contributed by atoms with van der Waals surface area (Å²) in [6.07, 6.45) is 0.247. The van der Waals surface area contributed by atoms with Crippen LogP contribution in [-0.4, -0.2) is 31.6 Å². The molecule has 0 aliphatic carbocycles. The minimum absolute atomic E-state index is 0.130. The summed E-state index contributed by atoms with van der Waals surface area (Å²) in [7, 11) is 0. The Labute approximate surface area is 123 Å². The van der Waals surface area contributed by atoms with Gasteiger partial charge in [0.25, 0.3) is 0 Å². The molecule has 0 aromatic heterocycles. The van der Waals surface area contributed by atoms with Gasteiger partial charge in [-0.05, 0) is 31.5 Å². The molecule has 5 nitrogen and oxygen atoms in total.